The summed E-state index contributed by atoms with van der Waals surface area (Å²) >= 11 is 0. The van der Waals surface area contributed by atoms with Crippen LogP contribution in [0.2, 0.25) is 0 Å². The fourth-order valence-electron chi connectivity index (χ4n) is 7.25. The fraction of sp³-hybridized carbons (Fsp3) is 0.609. The second-order valence-corrected chi connectivity index (χ2v) is 17.2. The van der Waals surface area contributed by atoms with Gasteiger partial charge in [-0.05, 0) is 62.0 Å². The normalized spacial score (nSPS) is 18.8. The van der Waals surface area contributed by atoms with E-state index in [0.29, 0.717) is 70.7 Å². The summed E-state index contributed by atoms with van der Waals surface area (Å²) in [6.07, 6.45) is 4.87. The number of benzene rings is 2. The molecule has 14 nitrogen and oxygen atoms in total. The molecule has 14 heteroatoms. The number of hydrogen-bond acceptors (Lipinski definition) is 9. The lowest BCUT2D eigenvalue weighted by atomic mass is 9.92. The molecule has 5 N–H and O–H groups in total. The molecule has 0 bridgehead atoms. The zero-order valence-electron chi connectivity index (χ0n) is 36.6. The van der Waals surface area contributed by atoms with Crippen LogP contribution in [0.1, 0.15) is 97.6 Å². The number of amides is 5. The lowest BCUT2D eigenvalue weighted by Gasteiger charge is -2.29. The standard InChI is InChI=1S/C46H69N7O7/c1-7-8-11-20-40(54)51-52-42(46(6)31-60-46)37(27-32(2)3)48-45(58)39(29-35-18-14-10-15-19-35)50-44(57)38(28-33(4)5)49-43(56)36(22-21-34-16-12-9-13-17-34)47-41(55)30-53-23-25-59-26-24-53/h9-10,12-19,32-33,36-39H,7-8,11,20-31H2,1-6H3,(H,47,55)(H,48,58)(H,49,56)(H,50,57)(H,51,54)/b52-42-/t36-,37?,38?,39-,46+/m0/s1. The van der Waals surface area contributed by atoms with Crippen molar-refractivity contribution in [2.24, 2.45) is 16.9 Å². The van der Waals surface area contributed by atoms with E-state index in [9.17, 15) is 24.0 Å². The summed E-state index contributed by atoms with van der Waals surface area (Å²) in [6, 6.07) is 15.6. The highest BCUT2D eigenvalue weighted by Crippen LogP contribution is 2.31. The van der Waals surface area contributed by atoms with Crippen molar-refractivity contribution in [3.05, 3.63) is 71.8 Å². The van der Waals surface area contributed by atoms with Crippen molar-refractivity contribution < 1.29 is 33.4 Å². The highest BCUT2D eigenvalue weighted by atomic mass is 16.6. The predicted molar refractivity (Wildman–Crippen MR) is 233 cm³/mol. The number of hydrogen-bond donors (Lipinski definition) is 5. The summed E-state index contributed by atoms with van der Waals surface area (Å²) in [5, 5.41) is 16.6. The van der Waals surface area contributed by atoms with Gasteiger partial charge in [-0.25, -0.2) is 5.43 Å². The first kappa shape index (κ1) is 48.0. The van der Waals surface area contributed by atoms with E-state index >= 15 is 0 Å². The van der Waals surface area contributed by atoms with Crippen molar-refractivity contribution in [1.82, 2.24) is 31.6 Å². The molecule has 330 valence electrons. The Bertz CT molecular complexity index is 1690. The number of epoxide rings is 1. The summed E-state index contributed by atoms with van der Waals surface area (Å²) in [4.78, 5) is 70.9. The maximum absolute atomic E-state index is 14.5. The average Bonchev–Trinajstić information content (AvgIpc) is 3.97. The maximum atomic E-state index is 14.5. The molecule has 0 spiro atoms. The first-order valence-corrected chi connectivity index (χ1v) is 21.9. The zero-order valence-corrected chi connectivity index (χ0v) is 36.6. The van der Waals surface area contributed by atoms with Gasteiger partial charge in [0, 0.05) is 25.9 Å². The summed E-state index contributed by atoms with van der Waals surface area (Å²) in [5.74, 6) is -1.76. The Morgan fingerprint density at radius 1 is 0.717 bits per heavy atom. The molecule has 5 atom stereocenters. The number of hydrazone groups is 1. The Kier molecular flexibility index (Phi) is 19.7. The van der Waals surface area contributed by atoms with Crippen LogP contribution in [0.25, 0.3) is 0 Å². The average molecular weight is 832 g/mol. The van der Waals surface area contributed by atoms with E-state index in [1.165, 1.54) is 0 Å². The molecule has 0 radical (unpaired) electrons. The van der Waals surface area contributed by atoms with Gasteiger partial charge in [-0.2, -0.15) is 5.10 Å². The van der Waals surface area contributed by atoms with Gasteiger partial charge in [0.1, 0.15) is 23.7 Å². The molecule has 0 aliphatic carbocycles. The number of carbonyl (C=O) groups excluding carboxylic acids is 5. The number of rotatable bonds is 25. The zero-order chi connectivity index (χ0) is 43.5. The van der Waals surface area contributed by atoms with Crippen LogP contribution in [0.5, 0.6) is 0 Å². The Hall–Kier alpha value is -4.66. The highest BCUT2D eigenvalue weighted by molar-refractivity contribution is 6.02. The van der Waals surface area contributed by atoms with Crippen molar-refractivity contribution in [3.63, 3.8) is 0 Å². The van der Waals surface area contributed by atoms with Crippen LogP contribution >= 0.6 is 0 Å². The van der Waals surface area contributed by atoms with Gasteiger partial charge in [0.25, 0.3) is 0 Å². The Morgan fingerprint density at radius 3 is 1.87 bits per heavy atom. The first-order valence-electron chi connectivity index (χ1n) is 21.9. The van der Waals surface area contributed by atoms with Gasteiger partial charge in [-0.1, -0.05) is 108 Å². The number of nitrogens with one attached hydrogen (secondary N) is 5. The summed E-state index contributed by atoms with van der Waals surface area (Å²) in [7, 11) is 0. The van der Waals surface area contributed by atoms with Gasteiger partial charge in [-0.15, -0.1) is 0 Å². The van der Waals surface area contributed by atoms with Crippen molar-refractivity contribution in [3.8, 4) is 0 Å². The van der Waals surface area contributed by atoms with Gasteiger partial charge in [0.05, 0.1) is 38.1 Å². The Labute approximate surface area is 356 Å². The second-order valence-electron chi connectivity index (χ2n) is 17.2. The summed E-state index contributed by atoms with van der Waals surface area (Å²) < 4.78 is 11.2. The monoisotopic (exact) mass is 832 g/mol. The number of unbranched alkanes of at least 4 members (excludes halogenated alkanes) is 2. The van der Waals surface area contributed by atoms with Crippen molar-refractivity contribution in [1.29, 1.82) is 0 Å². The summed E-state index contributed by atoms with van der Waals surface area (Å²) in [5.41, 5.74) is 4.30. The minimum Gasteiger partial charge on any atom is -0.379 e. The van der Waals surface area contributed by atoms with Crippen LogP contribution < -0.4 is 26.7 Å². The third kappa shape index (κ3) is 16.8. The predicted octanol–water partition coefficient (Wildman–Crippen LogP) is 4.07. The molecule has 2 saturated heterocycles. The molecule has 60 heavy (non-hydrogen) atoms. The van der Waals surface area contributed by atoms with Crippen LogP contribution in [0.3, 0.4) is 0 Å². The number of carbonyl (C=O) groups is 5. The minimum atomic E-state index is -1.03. The molecule has 2 fully saturated rings. The third-order valence-corrected chi connectivity index (χ3v) is 10.7. The van der Waals surface area contributed by atoms with Gasteiger partial charge in [-0.3, -0.25) is 28.9 Å². The lowest BCUT2D eigenvalue weighted by Crippen LogP contribution is -2.59. The third-order valence-electron chi connectivity index (χ3n) is 10.7. The van der Waals surface area contributed by atoms with Crippen LogP contribution in [0.15, 0.2) is 65.8 Å². The molecule has 2 unspecified atom stereocenters. The Morgan fingerprint density at radius 2 is 1.27 bits per heavy atom. The van der Waals surface area contributed by atoms with E-state index in [0.717, 1.165) is 30.4 Å². The van der Waals surface area contributed by atoms with E-state index in [1.807, 2.05) is 100 Å². The van der Waals surface area contributed by atoms with Crippen LogP contribution in [-0.4, -0.2) is 109 Å². The molecule has 2 aliphatic heterocycles. The molecule has 4 rings (SSSR count). The molecule has 2 heterocycles. The number of ether oxygens (including phenoxy) is 2. The van der Waals surface area contributed by atoms with Crippen LogP contribution in [0.4, 0.5) is 0 Å². The van der Waals surface area contributed by atoms with E-state index in [4.69, 9.17) is 9.47 Å². The number of aryl methyl sites for hydroxylation is 1. The van der Waals surface area contributed by atoms with Crippen molar-refractivity contribution in [2.75, 3.05) is 39.5 Å². The highest BCUT2D eigenvalue weighted by Gasteiger charge is 2.49. The topological polar surface area (TPSA) is 183 Å². The first-order chi connectivity index (χ1) is 28.8. The second kappa shape index (κ2) is 24.6. The lowest BCUT2D eigenvalue weighted by molar-refractivity contribution is -0.134. The molecular weight excluding hydrogens is 763 g/mol. The van der Waals surface area contributed by atoms with Crippen LogP contribution in [-0.2, 0) is 46.3 Å². The SMILES string of the molecule is CCCCCC(=O)N/N=C(/C(CC(C)C)NC(=O)[C@H](Cc1ccccc1)NC(=O)C(CC(C)C)NC(=O)[C@H](CCc1ccccc1)NC(=O)CN1CCOCC1)[C@@]1(C)CO1. The summed E-state index contributed by atoms with van der Waals surface area (Å²) in [6.45, 7) is 14.8. The molecular formula is C46H69N7O7. The van der Waals surface area contributed by atoms with E-state index in [2.05, 4.69) is 38.7 Å². The van der Waals surface area contributed by atoms with E-state index < -0.39 is 47.5 Å². The maximum Gasteiger partial charge on any atom is 0.243 e. The number of morpholine rings is 1. The molecule has 0 aromatic heterocycles. The smallest absolute Gasteiger partial charge is 0.243 e. The largest absolute Gasteiger partial charge is 0.379 e. The van der Waals surface area contributed by atoms with E-state index in [-0.39, 0.29) is 36.6 Å². The van der Waals surface area contributed by atoms with Gasteiger partial charge >= 0.3 is 0 Å². The Balaban J connectivity index is 1.55. The van der Waals surface area contributed by atoms with Gasteiger partial charge < -0.3 is 30.7 Å². The van der Waals surface area contributed by atoms with Crippen LogP contribution in [0, 0.1) is 11.8 Å². The molecule has 5 amide bonds. The minimum absolute atomic E-state index is 0.00629. The molecule has 2 aromatic carbocycles. The number of nitrogens with zero attached hydrogens (tertiary/aromatic N) is 2. The van der Waals surface area contributed by atoms with Gasteiger partial charge in [0.2, 0.25) is 29.5 Å². The molecule has 0 saturated carbocycles. The van der Waals surface area contributed by atoms with Crippen molar-refractivity contribution >= 4 is 35.2 Å². The van der Waals surface area contributed by atoms with E-state index in [1.54, 1.807) is 0 Å². The van der Waals surface area contributed by atoms with Gasteiger partial charge in [0.15, 0.2) is 0 Å². The fourth-order valence-corrected chi connectivity index (χ4v) is 7.25. The molecule has 2 aliphatic rings. The molecule has 2 aromatic rings. The quantitative estimate of drug-likeness (QED) is 0.0430. The van der Waals surface area contributed by atoms with Crippen molar-refractivity contribution in [2.45, 2.75) is 129 Å².